The Bertz CT molecular complexity index is 720. The van der Waals surface area contributed by atoms with E-state index in [4.69, 9.17) is 4.74 Å². The molecule has 5 nitrogen and oxygen atoms in total. The molecule has 130 valence electrons. The average Bonchev–Trinajstić information content (AvgIpc) is 2.65. The second-order valence-electron chi connectivity index (χ2n) is 6.30. The lowest BCUT2D eigenvalue weighted by atomic mass is 9.84. The highest BCUT2D eigenvalue weighted by Gasteiger charge is 2.38. The fourth-order valence-corrected chi connectivity index (χ4v) is 3.33. The molecule has 1 aliphatic heterocycles. The van der Waals surface area contributed by atoms with Crippen LogP contribution in [0.3, 0.4) is 0 Å². The number of benzene rings is 2. The molecule has 5 heteroatoms. The van der Waals surface area contributed by atoms with Gasteiger partial charge in [0, 0.05) is 44.6 Å². The normalized spacial score (nSPS) is 17.0. The summed E-state index contributed by atoms with van der Waals surface area (Å²) >= 11 is 0. The van der Waals surface area contributed by atoms with Gasteiger partial charge in [-0.1, -0.05) is 36.4 Å². The second kappa shape index (κ2) is 7.49. The highest BCUT2D eigenvalue weighted by molar-refractivity contribution is 5.37. The molecular weight excluding hydrogens is 316 g/mol. The van der Waals surface area contributed by atoms with Gasteiger partial charge in [0.05, 0.1) is 4.92 Å². The Kier molecular flexibility index (Phi) is 5.14. The topological polar surface area (TPSA) is 55.6 Å². The Morgan fingerprint density at radius 2 is 1.76 bits per heavy atom. The third-order valence-electron chi connectivity index (χ3n) is 4.71. The Labute approximate surface area is 147 Å². The van der Waals surface area contributed by atoms with Crippen LogP contribution in [0.15, 0.2) is 67.3 Å². The van der Waals surface area contributed by atoms with Crippen LogP contribution in [-0.4, -0.2) is 29.5 Å². The smallest absolute Gasteiger partial charge is 0.269 e. The van der Waals surface area contributed by atoms with E-state index in [1.807, 2.05) is 24.3 Å². The van der Waals surface area contributed by atoms with Crippen molar-refractivity contribution in [3.05, 3.63) is 82.9 Å². The molecule has 2 aromatic rings. The summed E-state index contributed by atoms with van der Waals surface area (Å²) in [6, 6.07) is 16.6. The van der Waals surface area contributed by atoms with Gasteiger partial charge in [-0.2, -0.15) is 0 Å². The van der Waals surface area contributed by atoms with Crippen molar-refractivity contribution in [2.45, 2.75) is 18.4 Å². The molecule has 25 heavy (non-hydrogen) atoms. The van der Waals surface area contributed by atoms with Crippen LogP contribution in [0.25, 0.3) is 0 Å². The third kappa shape index (κ3) is 3.88. The highest BCUT2D eigenvalue weighted by atomic mass is 16.6. The number of nitro groups is 1. The summed E-state index contributed by atoms with van der Waals surface area (Å²) < 4.78 is 6.42. The first-order chi connectivity index (χ1) is 12.1. The molecule has 3 rings (SSSR count). The summed E-state index contributed by atoms with van der Waals surface area (Å²) in [4.78, 5) is 12.8. The lowest BCUT2D eigenvalue weighted by Gasteiger charge is -2.42. The molecule has 0 spiro atoms. The molecule has 1 saturated heterocycles. The Balaban J connectivity index is 1.85. The summed E-state index contributed by atoms with van der Waals surface area (Å²) in [6.45, 7) is 6.54. The molecule has 0 saturated carbocycles. The summed E-state index contributed by atoms with van der Waals surface area (Å²) in [5.74, 6) is 0.659. The van der Waals surface area contributed by atoms with E-state index < -0.39 is 10.5 Å². The average molecular weight is 338 g/mol. The van der Waals surface area contributed by atoms with Crippen LogP contribution in [0.5, 0.6) is 5.75 Å². The predicted octanol–water partition coefficient (Wildman–Crippen LogP) is 4.15. The molecule has 0 aliphatic carbocycles. The lowest BCUT2D eigenvalue weighted by molar-refractivity contribution is -0.384. The second-order valence-corrected chi connectivity index (χ2v) is 6.30. The Morgan fingerprint density at radius 1 is 1.12 bits per heavy atom. The molecule has 1 heterocycles. The van der Waals surface area contributed by atoms with Crippen molar-refractivity contribution < 1.29 is 9.66 Å². The maximum Gasteiger partial charge on any atom is 0.269 e. The number of nitro benzene ring substituents is 1. The van der Waals surface area contributed by atoms with Gasteiger partial charge in [0.15, 0.2) is 0 Å². The van der Waals surface area contributed by atoms with Crippen molar-refractivity contribution in [3.63, 3.8) is 0 Å². The van der Waals surface area contributed by atoms with Gasteiger partial charge in [-0.3, -0.25) is 15.0 Å². The molecular formula is C20H22N2O3. The number of nitrogens with zero attached hydrogens (tertiary/aromatic N) is 2. The third-order valence-corrected chi connectivity index (χ3v) is 4.71. The number of piperidine rings is 1. The van der Waals surface area contributed by atoms with Crippen LogP contribution in [0.1, 0.15) is 18.4 Å². The number of ether oxygens (including phenoxy) is 1. The number of rotatable bonds is 6. The van der Waals surface area contributed by atoms with E-state index in [0.717, 1.165) is 38.0 Å². The summed E-state index contributed by atoms with van der Waals surface area (Å²) in [7, 11) is 0. The van der Waals surface area contributed by atoms with Crippen LogP contribution in [-0.2, 0) is 5.60 Å². The highest BCUT2D eigenvalue weighted by Crippen LogP contribution is 2.38. The van der Waals surface area contributed by atoms with Gasteiger partial charge in [0.2, 0.25) is 0 Å². The van der Waals surface area contributed by atoms with Crippen LogP contribution < -0.4 is 4.74 Å². The van der Waals surface area contributed by atoms with E-state index >= 15 is 0 Å². The van der Waals surface area contributed by atoms with Gasteiger partial charge in [0.25, 0.3) is 5.69 Å². The van der Waals surface area contributed by atoms with Crippen molar-refractivity contribution in [2.24, 2.45) is 0 Å². The zero-order valence-electron chi connectivity index (χ0n) is 14.1. The minimum Gasteiger partial charge on any atom is -0.482 e. The molecule has 2 aromatic carbocycles. The van der Waals surface area contributed by atoms with Crippen molar-refractivity contribution in [1.82, 2.24) is 4.90 Å². The summed E-state index contributed by atoms with van der Waals surface area (Å²) in [6.07, 6.45) is 3.65. The monoisotopic (exact) mass is 338 g/mol. The molecule has 1 aliphatic rings. The molecule has 0 radical (unpaired) electrons. The van der Waals surface area contributed by atoms with E-state index in [9.17, 15) is 10.1 Å². The van der Waals surface area contributed by atoms with Gasteiger partial charge in [-0.05, 0) is 17.7 Å². The van der Waals surface area contributed by atoms with Gasteiger partial charge < -0.3 is 4.74 Å². The zero-order valence-corrected chi connectivity index (χ0v) is 14.1. The minimum absolute atomic E-state index is 0.0712. The SMILES string of the molecule is C=CCN1CCC(Oc2ccc([N+](=O)[O-])cc2)(c2ccccc2)CC1. The quantitative estimate of drug-likeness (QED) is 0.451. The summed E-state index contributed by atoms with van der Waals surface area (Å²) in [5, 5.41) is 10.8. The first-order valence-electron chi connectivity index (χ1n) is 8.45. The summed E-state index contributed by atoms with van der Waals surface area (Å²) in [5.41, 5.74) is 0.809. The number of hydrogen-bond acceptors (Lipinski definition) is 4. The van der Waals surface area contributed by atoms with E-state index in [2.05, 4.69) is 23.6 Å². The first kappa shape index (κ1) is 17.2. The largest absolute Gasteiger partial charge is 0.482 e. The van der Waals surface area contributed by atoms with Crippen molar-refractivity contribution in [3.8, 4) is 5.75 Å². The Morgan fingerprint density at radius 3 is 2.32 bits per heavy atom. The van der Waals surface area contributed by atoms with Gasteiger partial charge in [-0.25, -0.2) is 0 Å². The first-order valence-corrected chi connectivity index (χ1v) is 8.45. The molecule has 0 bridgehead atoms. The van der Waals surface area contributed by atoms with Crippen LogP contribution in [0.4, 0.5) is 5.69 Å². The lowest BCUT2D eigenvalue weighted by Crippen LogP contribution is -2.46. The molecule has 0 N–H and O–H groups in total. The maximum absolute atomic E-state index is 10.8. The van der Waals surface area contributed by atoms with E-state index in [1.165, 1.54) is 12.1 Å². The van der Waals surface area contributed by atoms with Crippen molar-refractivity contribution in [2.75, 3.05) is 19.6 Å². The van der Waals surface area contributed by atoms with E-state index in [0.29, 0.717) is 5.75 Å². The Hall–Kier alpha value is -2.66. The maximum atomic E-state index is 10.8. The van der Waals surface area contributed by atoms with Gasteiger partial charge >= 0.3 is 0 Å². The molecule has 0 unspecified atom stereocenters. The zero-order chi connectivity index (χ0) is 17.7. The molecule has 1 fully saturated rings. The number of likely N-dealkylation sites (tertiary alicyclic amines) is 1. The standard InChI is InChI=1S/C20H22N2O3/c1-2-14-21-15-12-20(13-16-21,17-6-4-3-5-7-17)25-19-10-8-18(9-11-19)22(23)24/h2-11H,1,12-16H2. The van der Waals surface area contributed by atoms with Gasteiger partial charge in [-0.15, -0.1) is 6.58 Å². The van der Waals surface area contributed by atoms with Crippen LogP contribution in [0.2, 0.25) is 0 Å². The fraction of sp³-hybridized carbons (Fsp3) is 0.300. The van der Waals surface area contributed by atoms with Crippen molar-refractivity contribution in [1.29, 1.82) is 0 Å². The minimum atomic E-state index is -0.408. The van der Waals surface area contributed by atoms with Crippen LogP contribution >= 0.6 is 0 Å². The molecule has 0 atom stereocenters. The number of non-ortho nitro benzene ring substituents is 1. The fourth-order valence-electron chi connectivity index (χ4n) is 3.33. The van der Waals surface area contributed by atoms with E-state index in [1.54, 1.807) is 12.1 Å². The van der Waals surface area contributed by atoms with E-state index in [-0.39, 0.29) is 5.69 Å². The predicted molar refractivity (Wildman–Crippen MR) is 97.7 cm³/mol. The van der Waals surface area contributed by atoms with Gasteiger partial charge in [0.1, 0.15) is 11.4 Å². The van der Waals surface area contributed by atoms with Crippen molar-refractivity contribution >= 4 is 5.69 Å². The number of hydrogen-bond donors (Lipinski definition) is 0. The van der Waals surface area contributed by atoms with Crippen LogP contribution in [0, 0.1) is 10.1 Å². The molecule has 0 aromatic heterocycles. The molecule has 0 amide bonds.